The molecule has 34 heavy (non-hydrogen) atoms. The largest absolute Gasteiger partial charge is 0.356 e. The monoisotopic (exact) mass is 469 g/mol. The van der Waals surface area contributed by atoms with Crippen LogP contribution in [0.25, 0.3) is 10.9 Å². The SMILES string of the molecule is CCc1ccc([C@H]2CN3C(=O)N(c4ccccc4Cl)C(=O)[C@]3(C)c3[nH]c4ccccc4c32)cc1. The van der Waals surface area contributed by atoms with Gasteiger partial charge in [-0.15, -0.1) is 0 Å². The lowest BCUT2D eigenvalue weighted by molar-refractivity contribution is -0.125. The van der Waals surface area contributed by atoms with Crippen LogP contribution in [0.15, 0.2) is 72.8 Å². The van der Waals surface area contributed by atoms with Gasteiger partial charge in [0.2, 0.25) is 0 Å². The van der Waals surface area contributed by atoms with Crippen LogP contribution in [0.1, 0.15) is 42.1 Å². The molecule has 4 aromatic rings. The number of aryl methyl sites for hydroxylation is 1. The van der Waals surface area contributed by atoms with E-state index in [2.05, 4.69) is 42.2 Å². The third kappa shape index (κ3) is 2.74. The average Bonchev–Trinajstić information content (AvgIpc) is 3.34. The van der Waals surface area contributed by atoms with Gasteiger partial charge >= 0.3 is 6.03 Å². The van der Waals surface area contributed by atoms with Crippen LogP contribution < -0.4 is 4.90 Å². The van der Waals surface area contributed by atoms with Crippen molar-refractivity contribution in [1.82, 2.24) is 9.88 Å². The Morgan fingerprint density at radius 2 is 1.71 bits per heavy atom. The maximum absolute atomic E-state index is 14.0. The van der Waals surface area contributed by atoms with Crippen LogP contribution in [0.5, 0.6) is 0 Å². The smallest absolute Gasteiger partial charge is 0.332 e. The number of hydrogen-bond acceptors (Lipinski definition) is 2. The highest BCUT2D eigenvalue weighted by Crippen LogP contribution is 2.50. The molecule has 1 saturated heterocycles. The molecule has 0 unspecified atom stereocenters. The minimum absolute atomic E-state index is 0.0620. The predicted octanol–water partition coefficient (Wildman–Crippen LogP) is 6.21. The van der Waals surface area contributed by atoms with Crippen molar-refractivity contribution in [3.8, 4) is 0 Å². The molecule has 0 radical (unpaired) electrons. The van der Waals surface area contributed by atoms with Gasteiger partial charge < -0.3 is 9.88 Å². The van der Waals surface area contributed by atoms with Crippen molar-refractivity contribution in [1.29, 1.82) is 0 Å². The van der Waals surface area contributed by atoms with Crippen molar-refractivity contribution >= 4 is 40.1 Å². The number of amides is 3. The van der Waals surface area contributed by atoms with Crippen molar-refractivity contribution in [3.63, 3.8) is 0 Å². The van der Waals surface area contributed by atoms with Crippen LogP contribution in [0.2, 0.25) is 5.02 Å². The Morgan fingerprint density at radius 1 is 1.00 bits per heavy atom. The molecule has 0 saturated carbocycles. The zero-order chi connectivity index (χ0) is 23.6. The summed E-state index contributed by atoms with van der Waals surface area (Å²) in [4.78, 5) is 34.2. The normalized spacial score (nSPS) is 21.8. The fraction of sp³-hybridized carbons (Fsp3) is 0.214. The number of aromatic amines is 1. The number of aromatic nitrogens is 1. The Balaban J connectivity index is 1.58. The van der Waals surface area contributed by atoms with Gasteiger partial charge in [-0.25, -0.2) is 9.69 Å². The molecule has 2 aliphatic rings. The number of nitrogens with zero attached hydrogens (tertiary/aromatic N) is 2. The highest BCUT2D eigenvalue weighted by molar-refractivity contribution is 6.36. The van der Waals surface area contributed by atoms with Crippen LogP contribution in [-0.4, -0.2) is 28.4 Å². The van der Waals surface area contributed by atoms with Gasteiger partial charge in [0.05, 0.1) is 16.4 Å². The molecular formula is C28H24ClN3O2. The summed E-state index contributed by atoms with van der Waals surface area (Å²) in [5.74, 6) is -0.355. The third-order valence-corrected chi connectivity index (χ3v) is 7.73. The Hall–Kier alpha value is -3.57. The number of H-pyrrole nitrogens is 1. The van der Waals surface area contributed by atoms with E-state index in [1.807, 2.05) is 25.1 Å². The molecule has 2 atom stereocenters. The lowest BCUT2D eigenvalue weighted by Gasteiger charge is -2.40. The van der Waals surface area contributed by atoms with E-state index in [-0.39, 0.29) is 17.9 Å². The highest BCUT2D eigenvalue weighted by atomic mass is 35.5. The van der Waals surface area contributed by atoms with Crippen molar-refractivity contribution in [2.24, 2.45) is 0 Å². The molecule has 2 aliphatic heterocycles. The molecule has 0 bridgehead atoms. The first-order chi connectivity index (χ1) is 16.4. The van der Waals surface area contributed by atoms with E-state index in [1.54, 1.807) is 29.2 Å². The molecular weight excluding hydrogens is 446 g/mol. The van der Waals surface area contributed by atoms with E-state index in [0.29, 0.717) is 17.3 Å². The molecule has 3 amide bonds. The number of urea groups is 1. The van der Waals surface area contributed by atoms with Crippen LogP contribution in [0, 0.1) is 0 Å². The summed E-state index contributed by atoms with van der Waals surface area (Å²) >= 11 is 6.42. The number of imide groups is 1. The van der Waals surface area contributed by atoms with Gasteiger partial charge in [-0.3, -0.25) is 4.79 Å². The molecule has 0 aliphatic carbocycles. The van der Waals surface area contributed by atoms with Gasteiger partial charge in [0.1, 0.15) is 0 Å². The predicted molar refractivity (Wildman–Crippen MR) is 134 cm³/mol. The lowest BCUT2D eigenvalue weighted by Crippen LogP contribution is -2.50. The molecule has 170 valence electrons. The van der Waals surface area contributed by atoms with E-state index in [4.69, 9.17) is 11.6 Å². The Labute approximate surface area is 202 Å². The van der Waals surface area contributed by atoms with Crippen LogP contribution in [0.4, 0.5) is 10.5 Å². The van der Waals surface area contributed by atoms with E-state index in [9.17, 15) is 9.59 Å². The molecule has 1 N–H and O–H groups in total. The van der Waals surface area contributed by atoms with Gasteiger partial charge in [0.15, 0.2) is 5.54 Å². The maximum atomic E-state index is 14.0. The first-order valence-electron chi connectivity index (χ1n) is 11.6. The number of benzene rings is 3. The standard InChI is InChI=1S/C28H24ClN3O2/c1-3-17-12-14-18(15-13-17)20-16-31-27(34)32(23-11-7-5-9-21(23)29)26(33)28(31,2)25-24(20)19-8-4-6-10-22(19)30-25/h4-15,20,30H,3,16H2,1-2H3/t20-,28+/m1/s1. The summed E-state index contributed by atoms with van der Waals surface area (Å²) in [6.07, 6.45) is 0.966. The molecule has 1 aromatic heterocycles. The molecule has 3 heterocycles. The number of para-hydroxylation sites is 2. The molecule has 6 heteroatoms. The van der Waals surface area contributed by atoms with E-state index < -0.39 is 5.54 Å². The van der Waals surface area contributed by atoms with E-state index in [1.165, 1.54) is 10.5 Å². The molecule has 0 spiro atoms. The summed E-state index contributed by atoms with van der Waals surface area (Å²) in [5.41, 5.74) is 4.48. The number of carbonyl (C=O) groups is 2. The third-order valence-electron chi connectivity index (χ3n) is 7.41. The Kier molecular flexibility index (Phi) is 4.61. The molecule has 5 nitrogen and oxygen atoms in total. The number of hydrogen-bond donors (Lipinski definition) is 1. The Morgan fingerprint density at radius 3 is 2.44 bits per heavy atom. The summed E-state index contributed by atoms with van der Waals surface area (Å²) in [5, 5.41) is 1.45. The zero-order valence-electron chi connectivity index (χ0n) is 19.0. The number of carbonyl (C=O) groups excluding carboxylic acids is 2. The summed E-state index contributed by atoms with van der Waals surface area (Å²) in [6, 6.07) is 23.3. The minimum atomic E-state index is -1.15. The van der Waals surface area contributed by atoms with Crippen molar-refractivity contribution in [2.75, 3.05) is 11.4 Å². The second-order valence-electron chi connectivity index (χ2n) is 9.16. The molecule has 1 fully saturated rings. The zero-order valence-corrected chi connectivity index (χ0v) is 19.8. The fourth-order valence-electron chi connectivity index (χ4n) is 5.52. The number of halogens is 1. The quantitative estimate of drug-likeness (QED) is 0.362. The summed E-state index contributed by atoms with van der Waals surface area (Å²) < 4.78 is 0. The van der Waals surface area contributed by atoms with E-state index in [0.717, 1.165) is 34.1 Å². The topological polar surface area (TPSA) is 56.4 Å². The average molecular weight is 470 g/mol. The van der Waals surface area contributed by atoms with Crippen molar-refractivity contribution in [2.45, 2.75) is 31.7 Å². The fourth-order valence-corrected chi connectivity index (χ4v) is 5.74. The minimum Gasteiger partial charge on any atom is -0.356 e. The van der Waals surface area contributed by atoms with Gasteiger partial charge in [-0.05, 0) is 48.2 Å². The summed E-state index contributed by atoms with van der Waals surface area (Å²) in [7, 11) is 0. The van der Waals surface area contributed by atoms with Gasteiger partial charge in [-0.1, -0.05) is 73.1 Å². The van der Waals surface area contributed by atoms with Crippen molar-refractivity contribution in [3.05, 3.63) is 100 Å². The van der Waals surface area contributed by atoms with Crippen LogP contribution in [-0.2, 0) is 16.8 Å². The lowest BCUT2D eigenvalue weighted by atomic mass is 9.78. The molecule has 3 aromatic carbocycles. The van der Waals surface area contributed by atoms with Crippen LogP contribution >= 0.6 is 11.6 Å². The second-order valence-corrected chi connectivity index (χ2v) is 9.57. The van der Waals surface area contributed by atoms with Gasteiger partial charge in [0, 0.05) is 23.4 Å². The Bertz CT molecular complexity index is 1460. The number of nitrogens with one attached hydrogen (secondary N) is 1. The first kappa shape index (κ1) is 21.0. The number of anilines is 1. The maximum Gasteiger partial charge on any atom is 0.332 e. The molecule has 6 rings (SSSR count). The number of rotatable bonds is 3. The van der Waals surface area contributed by atoms with E-state index >= 15 is 0 Å². The number of fused-ring (bicyclic) bond motifs is 5. The first-order valence-corrected chi connectivity index (χ1v) is 11.9. The van der Waals surface area contributed by atoms with Crippen molar-refractivity contribution < 1.29 is 9.59 Å². The van der Waals surface area contributed by atoms with Gasteiger partial charge in [-0.2, -0.15) is 0 Å². The second kappa shape index (κ2) is 7.47. The van der Waals surface area contributed by atoms with Gasteiger partial charge in [0.25, 0.3) is 5.91 Å². The highest BCUT2D eigenvalue weighted by Gasteiger charge is 2.60. The summed E-state index contributed by atoms with van der Waals surface area (Å²) in [6.45, 7) is 4.38. The van der Waals surface area contributed by atoms with Crippen LogP contribution in [0.3, 0.4) is 0 Å².